The van der Waals surface area contributed by atoms with E-state index in [0.717, 1.165) is 9.35 Å². The van der Waals surface area contributed by atoms with Gasteiger partial charge < -0.3 is 0 Å². The Bertz CT molecular complexity index is 527. The van der Waals surface area contributed by atoms with Gasteiger partial charge in [-0.05, 0) is 56.2 Å². The van der Waals surface area contributed by atoms with Crippen molar-refractivity contribution in [1.82, 2.24) is 0 Å². The number of benzene rings is 1. The molecule has 1 aromatic heterocycles. The molecule has 4 heteroatoms. The zero-order valence-corrected chi connectivity index (χ0v) is 11.6. The van der Waals surface area contributed by atoms with E-state index >= 15 is 0 Å². The van der Waals surface area contributed by atoms with Gasteiger partial charge in [-0.25, -0.2) is 0 Å². The van der Waals surface area contributed by atoms with E-state index < -0.39 is 0 Å². The van der Waals surface area contributed by atoms with Crippen LogP contribution in [0, 0.1) is 14.9 Å². The third kappa shape index (κ3) is 1.81. The van der Waals surface area contributed by atoms with E-state index in [1.165, 1.54) is 13.7 Å². The summed E-state index contributed by atoms with van der Waals surface area (Å²) in [6.45, 7) is 0. The van der Waals surface area contributed by atoms with E-state index in [1.54, 1.807) is 11.3 Å². The van der Waals surface area contributed by atoms with Crippen LogP contribution in [-0.4, -0.2) is 0 Å². The average Bonchev–Trinajstić information content (AvgIpc) is 2.53. The first-order valence-corrected chi connectivity index (χ1v) is 6.64. The maximum absolute atomic E-state index is 8.70. The molecule has 0 N–H and O–H groups in total. The summed E-state index contributed by atoms with van der Waals surface area (Å²) in [5, 5.41) is 9.94. The molecule has 1 aromatic carbocycles. The molecule has 0 saturated heterocycles. The average molecular weight is 378 g/mol. The van der Waals surface area contributed by atoms with Crippen LogP contribution in [0.2, 0.25) is 0 Å². The summed E-state index contributed by atoms with van der Waals surface area (Å²) in [4.78, 5) is 0. The normalized spacial score (nSPS) is 10.4. The summed E-state index contributed by atoms with van der Waals surface area (Å²) in [5.74, 6) is 0. The van der Waals surface area contributed by atoms with Crippen LogP contribution < -0.4 is 0 Å². The Balaban J connectivity index is 2.75. The van der Waals surface area contributed by atoms with E-state index in [1.807, 2.05) is 6.07 Å². The second-order valence-electron chi connectivity index (χ2n) is 2.83. The highest BCUT2D eigenvalue weighted by molar-refractivity contribution is 14.1. The predicted octanol–water partition coefficient (Wildman–Crippen LogP) is 4.33. The molecule has 0 fully saturated rings. The van der Waals surface area contributed by atoms with Crippen molar-refractivity contribution in [2.24, 2.45) is 0 Å². The van der Waals surface area contributed by atoms with Crippen molar-refractivity contribution in [2.75, 3.05) is 0 Å². The Kier molecular flexibility index (Phi) is 3.10. The van der Waals surface area contributed by atoms with E-state index in [9.17, 15) is 0 Å². The van der Waals surface area contributed by atoms with Crippen LogP contribution in [-0.2, 0) is 6.42 Å². The minimum Gasteiger partial charge on any atom is -0.198 e. The molecule has 1 nitrogen and oxygen atoms in total. The summed E-state index contributed by atoms with van der Waals surface area (Å²) in [7, 11) is 0. The summed E-state index contributed by atoms with van der Waals surface area (Å²) in [5.41, 5.74) is 1.12. The first-order valence-electron chi connectivity index (χ1n) is 3.95. The number of nitriles is 1. The summed E-state index contributed by atoms with van der Waals surface area (Å²) in [6, 6.07) is 8.41. The third-order valence-corrected chi connectivity index (χ3v) is 4.61. The lowest BCUT2D eigenvalue weighted by Gasteiger charge is -1.98. The van der Waals surface area contributed by atoms with E-state index in [2.05, 4.69) is 56.7 Å². The van der Waals surface area contributed by atoms with Crippen molar-refractivity contribution in [3.63, 3.8) is 0 Å². The molecule has 0 radical (unpaired) electrons. The molecular formula is C10H5BrINS. The van der Waals surface area contributed by atoms with Crippen molar-refractivity contribution in [1.29, 1.82) is 5.26 Å². The smallest absolute Gasteiger partial charge is 0.0711 e. The molecule has 0 amide bonds. The van der Waals surface area contributed by atoms with Gasteiger partial charge in [-0.2, -0.15) is 5.26 Å². The quantitative estimate of drug-likeness (QED) is 0.678. The standard InChI is InChI=1S/C10H5BrINS/c11-9-5-7-8(12)2-1-6(3-4-13)10(7)14-9/h1-2,5H,3H2. The molecular weight excluding hydrogens is 373 g/mol. The summed E-state index contributed by atoms with van der Waals surface area (Å²) < 4.78 is 3.59. The zero-order chi connectivity index (χ0) is 10.1. The Morgan fingerprint density at radius 2 is 2.29 bits per heavy atom. The van der Waals surface area contributed by atoms with Gasteiger partial charge >= 0.3 is 0 Å². The number of thiophene rings is 1. The second-order valence-corrected chi connectivity index (χ2v) is 6.43. The summed E-state index contributed by atoms with van der Waals surface area (Å²) in [6.07, 6.45) is 0.486. The lowest BCUT2D eigenvalue weighted by Crippen LogP contribution is -1.82. The fourth-order valence-corrected chi connectivity index (χ4v) is 3.77. The maximum atomic E-state index is 8.70. The third-order valence-electron chi connectivity index (χ3n) is 1.95. The highest BCUT2D eigenvalue weighted by Crippen LogP contribution is 2.35. The van der Waals surface area contributed by atoms with E-state index in [0.29, 0.717) is 6.42 Å². The van der Waals surface area contributed by atoms with Gasteiger partial charge in [0.2, 0.25) is 0 Å². The molecule has 0 saturated carbocycles. The lowest BCUT2D eigenvalue weighted by molar-refractivity contribution is 1.29. The van der Waals surface area contributed by atoms with Crippen molar-refractivity contribution in [3.8, 4) is 6.07 Å². The fraction of sp³-hybridized carbons (Fsp3) is 0.100. The number of nitrogens with zero attached hydrogens (tertiary/aromatic N) is 1. The molecule has 0 aliphatic carbocycles. The number of fused-ring (bicyclic) bond motifs is 1. The van der Waals surface area contributed by atoms with Gasteiger partial charge in [-0.1, -0.05) is 6.07 Å². The molecule has 14 heavy (non-hydrogen) atoms. The Labute approximate surface area is 108 Å². The maximum Gasteiger partial charge on any atom is 0.0711 e. The highest BCUT2D eigenvalue weighted by atomic mass is 127. The number of rotatable bonds is 1. The molecule has 0 unspecified atom stereocenters. The van der Waals surface area contributed by atoms with Crippen LogP contribution >= 0.6 is 49.9 Å². The van der Waals surface area contributed by atoms with Gasteiger partial charge in [0.15, 0.2) is 0 Å². The summed E-state index contributed by atoms with van der Waals surface area (Å²) >= 11 is 7.49. The van der Waals surface area contributed by atoms with Gasteiger partial charge in [0.1, 0.15) is 0 Å². The number of hydrogen-bond acceptors (Lipinski definition) is 2. The van der Waals surface area contributed by atoms with Crippen LogP contribution in [0.5, 0.6) is 0 Å². The van der Waals surface area contributed by atoms with Gasteiger partial charge in [-0.3, -0.25) is 0 Å². The topological polar surface area (TPSA) is 23.8 Å². The van der Waals surface area contributed by atoms with Crippen molar-refractivity contribution < 1.29 is 0 Å². The minimum absolute atomic E-state index is 0.486. The largest absolute Gasteiger partial charge is 0.198 e. The SMILES string of the molecule is N#CCc1ccc(I)c2cc(Br)sc12. The molecule has 2 aromatic rings. The lowest BCUT2D eigenvalue weighted by atomic mass is 10.1. The van der Waals surface area contributed by atoms with Crippen LogP contribution in [0.3, 0.4) is 0 Å². The van der Waals surface area contributed by atoms with Crippen molar-refractivity contribution in [3.05, 3.63) is 31.1 Å². The molecule has 0 aliphatic rings. The van der Waals surface area contributed by atoms with Gasteiger partial charge in [0.25, 0.3) is 0 Å². The molecule has 0 aliphatic heterocycles. The van der Waals surface area contributed by atoms with E-state index in [4.69, 9.17) is 5.26 Å². The minimum atomic E-state index is 0.486. The molecule has 0 atom stereocenters. The van der Waals surface area contributed by atoms with Crippen LogP contribution in [0.1, 0.15) is 5.56 Å². The van der Waals surface area contributed by atoms with E-state index in [-0.39, 0.29) is 0 Å². The van der Waals surface area contributed by atoms with Crippen molar-refractivity contribution >= 4 is 59.9 Å². The molecule has 1 heterocycles. The molecule has 70 valence electrons. The molecule has 2 rings (SSSR count). The Morgan fingerprint density at radius 3 is 3.00 bits per heavy atom. The van der Waals surface area contributed by atoms with Gasteiger partial charge in [0.05, 0.1) is 16.3 Å². The zero-order valence-electron chi connectivity index (χ0n) is 7.05. The van der Waals surface area contributed by atoms with Gasteiger partial charge in [0, 0.05) is 13.7 Å². The predicted molar refractivity (Wildman–Crippen MR) is 71.6 cm³/mol. The van der Waals surface area contributed by atoms with Crippen molar-refractivity contribution in [2.45, 2.75) is 6.42 Å². The van der Waals surface area contributed by atoms with Crippen LogP contribution in [0.15, 0.2) is 22.0 Å². The molecule has 0 bridgehead atoms. The highest BCUT2D eigenvalue weighted by Gasteiger charge is 2.07. The fourth-order valence-electron chi connectivity index (χ4n) is 1.34. The van der Waals surface area contributed by atoms with Gasteiger partial charge in [-0.15, -0.1) is 11.3 Å². The Morgan fingerprint density at radius 1 is 1.50 bits per heavy atom. The second kappa shape index (κ2) is 4.17. The monoisotopic (exact) mass is 377 g/mol. The first kappa shape index (κ1) is 10.4. The molecule has 0 spiro atoms. The van der Waals surface area contributed by atoms with Crippen LogP contribution in [0.4, 0.5) is 0 Å². The number of hydrogen-bond donors (Lipinski definition) is 0. The number of halogens is 2. The Hall–Kier alpha value is -0.120. The van der Waals surface area contributed by atoms with Crippen LogP contribution in [0.25, 0.3) is 10.1 Å². The first-order chi connectivity index (χ1) is 6.72.